The molecule has 60 valence electrons. The van der Waals surface area contributed by atoms with E-state index in [9.17, 15) is 0 Å². The van der Waals surface area contributed by atoms with Crippen molar-refractivity contribution in [1.82, 2.24) is 4.98 Å². The van der Waals surface area contributed by atoms with Gasteiger partial charge in [-0.05, 0) is 23.9 Å². The summed E-state index contributed by atoms with van der Waals surface area (Å²) in [4.78, 5) is 3.61. The molecule has 2 heteroatoms. The Hall–Kier alpha value is -1.05. The lowest BCUT2D eigenvalue weighted by Crippen LogP contribution is -1.94. The van der Waals surface area contributed by atoms with Crippen LogP contribution in [-0.2, 0) is 0 Å². The van der Waals surface area contributed by atoms with Crippen molar-refractivity contribution in [1.29, 1.82) is 0 Å². The smallest absolute Gasteiger partial charge is 0.0503 e. The zero-order chi connectivity index (χ0) is 16.0. The van der Waals surface area contributed by atoms with Gasteiger partial charge in [-0.15, -0.1) is 0 Å². The highest BCUT2D eigenvalue weighted by molar-refractivity contribution is 5.38. The Morgan fingerprint density at radius 3 is 3.45 bits per heavy atom. The second-order valence-corrected chi connectivity index (χ2v) is 2.01. The first-order valence-electron chi connectivity index (χ1n) is 7.46. The maximum Gasteiger partial charge on any atom is 0.0503 e. The van der Waals surface area contributed by atoms with Gasteiger partial charge in [-0.1, -0.05) is 13.7 Å². The third-order valence-corrected chi connectivity index (χ3v) is 1.17. The van der Waals surface area contributed by atoms with Crippen LogP contribution in [0.15, 0.2) is 18.5 Å². The summed E-state index contributed by atoms with van der Waals surface area (Å²) >= 11 is 0. The van der Waals surface area contributed by atoms with Gasteiger partial charge >= 0.3 is 0 Å². The second-order valence-electron chi connectivity index (χ2n) is 2.01. The van der Waals surface area contributed by atoms with E-state index in [1.54, 1.807) is 0 Å². The van der Waals surface area contributed by atoms with E-state index in [1.165, 1.54) is 6.20 Å². The molecule has 0 amide bonds. The summed E-state index contributed by atoms with van der Waals surface area (Å²) in [6.45, 7) is -6.52. The first-order valence-corrected chi connectivity index (χ1v) is 2.96. The summed E-state index contributed by atoms with van der Waals surface area (Å²) in [7, 11) is 0. The molecule has 0 aromatic carbocycles. The fraction of sp³-hybridized carbons (Fsp3) is 0.444. The van der Waals surface area contributed by atoms with Gasteiger partial charge in [-0.2, -0.15) is 0 Å². The standard InChI is InChI=1S/C9H14N2/c1-3-7(2)8-4-9(10)6-11-5-8/h4-7H,3,10H2,1-2H3/i1D3,2D3,3D2,7D. The van der Waals surface area contributed by atoms with E-state index in [-0.39, 0.29) is 5.69 Å². The van der Waals surface area contributed by atoms with Crippen molar-refractivity contribution in [3.63, 3.8) is 0 Å². The summed E-state index contributed by atoms with van der Waals surface area (Å²) in [6.07, 6.45) is -1.19. The molecule has 0 saturated carbocycles. The van der Waals surface area contributed by atoms with E-state index >= 15 is 0 Å². The van der Waals surface area contributed by atoms with Gasteiger partial charge in [0.1, 0.15) is 0 Å². The Morgan fingerprint density at radius 2 is 2.82 bits per heavy atom. The van der Waals surface area contributed by atoms with Crippen LogP contribution in [0.5, 0.6) is 0 Å². The van der Waals surface area contributed by atoms with E-state index in [4.69, 9.17) is 18.1 Å². The van der Waals surface area contributed by atoms with Crippen molar-refractivity contribution in [2.75, 3.05) is 5.73 Å². The van der Waals surface area contributed by atoms with Crippen LogP contribution in [0.4, 0.5) is 5.69 Å². The van der Waals surface area contributed by atoms with Crippen LogP contribution in [0.2, 0.25) is 0 Å². The predicted octanol–water partition coefficient (Wildman–Crippen LogP) is 2.18. The van der Waals surface area contributed by atoms with E-state index < -0.39 is 31.5 Å². The minimum Gasteiger partial charge on any atom is -0.397 e. The SMILES string of the molecule is [2H]C([2H])([2H])C([2H])([2H])C([2H])(c1cncc(N)c1)C([2H])([2H])[2H]. The molecule has 0 aliphatic heterocycles. The fourth-order valence-corrected chi connectivity index (χ4v) is 0.667. The first kappa shape index (κ1) is 2.22. The van der Waals surface area contributed by atoms with Crippen molar-refractivity contribution >= 4 is 5.69 Å². The van der Waals surface area contributed by atoms with Crippen LogP contribution in [0, 0.1) is 0 Å². The van der Waals surface area contributed by atoms with E-state index in [2.05, 4.69) is 4.98 Å². The molecule has 0 bridgehead atoms. The molecule has 0 fully saturated rings. The topological polar surface area (TPSA) is 38.9 Å². The predicted molar refractivity (Wildman–Crippen MR) is 47.4 cm³/mol. The third kappa shape index (κ3) is 1.93. The quantitative estimate of drug-likeness (QED) is 0.718. The molecule has 0 spiro atoms. The molecule has 2 N–H and O–H groups in total. The molecule has 1 unspecified atom stereocenters. The molecular weight excluding hydrogens is 136 g/mol. The Balaban J connectivity index is 3.63. The van der Waals surface area contributed by atoms with Crippen LogP contribution in [-0.4, -0.2) is 4.98 Å². The minimum atomic E-state index is -3.32. The van der Waals surface area contributed by atoms with Crippen molar-refractivity contribution in [3.05, 3.63) is 24.0 Å². The minimum absolute atomic E-state index is 0.0183. The third-order valence-electron chi connectivity index (χ3n) is 1.17. The number of aromatic nitrogens is 1. The van der Waals surface area contributed by atoms with Gasteiger partial charge in [0.05, 0.1) is 5.69 Å². The van der Waals surface area contributed by atoms with Crippen molar-refractivity contribution in [2.45, 2.75) is 26.0 Å². The molecular formula is C9H14N2. The van der Waals surface area contributed by atoms with Crippen molar-refractivity contribution < 1.29 is 12.3 Å². The van der Waals surface area contributed by atoms with Gasteiger partial charge in [-0.3, -0.25) is 4.98 Å². The zero-order valence-electron chi connectivity index (χ0n) is 14.8. The molecule has 11 heavy (non-hydrogen) atoms. The molecule has 0 aliphatic rings. The number of rotatable bonds is 2. The number of hydrogen-bond donors (Lipinski definition) is 1. The molecule has 2 nitrogen and oxygen atoms in total. The van der Waals surface area contributed by atoms with Crippen LogP contribution in [0.1, 0.15) is 43.9 Å². The number of nitrogen functional groups attached to an aromatic ring is 1. The van der Waals surface area contributed by atoms with Crippen molar-refractivity contribution in [3.8, 4) is 0 Å². The lowest BCUT2D eigenvalue weighted by Gasteiger charge is -2.07. The average Bonchev–Trinajstić information content (AvgIpc) is 2.24. The number of hydrogen-bond acceptors (Lipinski definition) is 2. The highest BCUT2D eigenvalue weighted by atomic mass is 14.7. The lowest BCUT2D eigenvalue weighted by atomic mass is 10.0. The van der Waals surface area contributed by atoms with E-state index in [1.807, 2.05) is 0 Å². The summed E-state index contributed by atoms with van der Waals surface area (Å²) in [5.41, 5.74) is 5.07. The van der Waals surface area contributed by atoms with Gasteiger partial charge in [-0.25, -0.2) is 0 Å². The lowest BCUT2D eigenvalue weighted by molar-refractivity contribution is 0.730. The number of anilines is 1. The van der Waals surface area contributed by atoms with Crippen LogP contribution in [0.25, 0.3) is 0 Å². The molecule has 1 aromatic heterocycles. The normalized spacial score (nSPS) is 31.5. The Kier molecular flexibility index (Phi) is 0.681. The summed E-state index contributed by atoms with van der Waals surface area (Å²) in [5.74, 6) is -3.02. The molecule has 1 aromatic rings. The maximum atomic E-state index is 8.08. The summed E-state index contributed by atoms with van der Waals surface area (Å²) in [6, 6.07) is 1.05. The van der Waals surface area contributed by atoms with E-state index in [0.717, 1.165) is 12.3 Å². The van der Waals surface area contributed by atoms with Gasteiger partial charge in [0.2, 0.25) is 0 Å². The number of pyridine rings is 1. The fourth-order valence-electron chi connectivity index (χ4n) is 0.667. The largest absolute Gasteiger partial charge is 0.397 e. The second kappa shape index (κ2) is 3.37. The molecule has 0 aliphatic carbocycles. The Bertz CT molecular complexity index is 493. The average molecular weight is 159 g/mol. The highest BCUT2D eigenvalue weighted by Gasteiger charge is 2.01. The Morgan fingerprint density at radius 1 is 1.91 bits per heavy atom. The molecule has 0 radical (unpaired) electrons. The van der Waals surface area contributed by atoms with Gasteiger partial charge < -0.3 is 5.73 Å². The van der Waals surface area contributed by atoms with E-state index in [0.29, 0.717) is 0 Å². The molecule has 1 rings (SSSR count). The van der Waals surface area contributed by atoms with Gasteiger partial charge in [0.15, 0.2) is 0 Å². The summed E-state index contributed by atoms with van der Waals surface area (Å²) in [5, 5.41) is 0. The van der Waals surface area contributed by atoms with Crippen molar-refractivity contribution in [2.24, 2.45) is 0 Å². The maximum absolute atomic E-state index is 8.08. The highest BCUT2D eigenvalue weighted by Crippen LogP contribution is 2.18. The Labute approximate surface area is 80.1 Å². The van der Waals surface area contributed by atoms with Crippen LogP contribution >= 0.6 is 0 Å². The molecule has 1 heterocycles. The van der Waals surface area contributed by atoms with Crippen LogP contribution in [0.3, 0.4) is 0 Å². The number of nitrogens with two attached hydrogens (primary N) is 1. The molecule has 1 atom stereocenters. The zero-order valence-corrected chi connectivity index (χ0v) is 5.76. The monoisotopic (exact) mass is 159 g/mol. The van der Waals surface area contributed by atoms with Gasteiger partial charge in [0, 0.05) is 24.7 Å². The first-order chi connectivity index (χ1) is 8.75. The number of nitrogens with zero attached hydrogens (tertiary/aromatic N) is 1. The van der Waals surface area contributed by atoms with Crippen LogP contribution < -0.4 is 5.73 Å². The molecule has 0 saturated heterocycles. The van der Waals surface area contributed by atoms with Gasteiger partial charge in [0.25, 0.3) is 0 Å². The summed E-state index contributed by atoms with van der Waals surface area (Å²) < 4.78 is 67.3.